The van der Waals surface area contributed by atoms with Crippen LogP contribution < -0.4 is 100 Å². The number of carbonyl (C=O) groups excluding carboxylic acids is 6. The molecule has 4 amide bonds. The van der Waals surface area contributed by atoms with E-state index in [4.69, 9.17) is 0 Å². The fraction of sp³-hybridized carbons (Fsp3) is 0.333. The number of aliphatic carboxylic acids is 2. The Morgan fingerprint density at radius 1 is 0.366 bits per heavy atom. The number of sulfonamides is 2. The number of carboxylic acid groups (broad SMARTS) is 4. The van der Waals surface area contributed by atoms with E-state index < -0.39 is 79.4 Å². The minimum absolute atomic E-state index is 0. The number of aromatic carboxylic acids is 2. The van der Waals surface area contributed by atoms with Gasteiger partial charge in [0.25, 0.3) is 23.6 Å². The van der Waals surface area contributed by atoms with Crippen molar-refractivity contribution in [2.75, 3.05) is 70.3 Å². The van der Waals surface area contributed by atoms with Crippen LogP contribution in [0.3, 0.4) is 0 Å². The van der Waals surface area contributed by atoms with Crippen molar-refractivity contribution < 1.29 is 135 Å². The number of hydrogen-bond donors (Lipinski definition) is 6. The molecule has 0 aromatic heterocycles. The first-order valence-electron chi connectivity index (χ1n) is 37.2. The second-order valence-electron chi connectivity index (χ2n) is 27.1. The van der Waals surface area contributed by atoms with Crippen molar-refractivity contribution in [3.8, 4) is 0 Å². The van der Waals surface area contributed by atoms with E-state index in [9.17, 15) is 75.6 Å². The zero-order valence-electron chi connectivity index (χ0n) is 64.6. The first-order valence-corrected chi connectivity index (χ1v) is 40.1. The predicted molar refractivity (Wildman–Crippen MR) is 420 cm³/mol. The van der Waals surface area contributed by atoms with Crippen molar-refractivity contribution in [3.05, 3.63) is 238 Å². The molecule has 0 aliphatic heterocycles. The second-order valence-corrected chi connectivity index (χ2v) is 30.9. The number of aryl methyl sites for hydroxylation is 4. The van der Waals surface area contributed by atoms with Crippen LogP contribution in [0.4, 0.5) is 34.1 Å². The Morgan fingerprint density at radius 3 is 0.946 bits per heavy atom. The van der Waals surface area contributed by atoms with Gasteiger partial charge in [-0.05, 0) is 235 Å². The van der Waals surface area contributed by atoms with Crippen molar-refractivity contribution in [2.24, 2.45) is 11.8 Å². The summed E-state index contributed by atoms with van der Waals surface area (Å²) in [5, 5.41) is 52.3. The molecule has 8 aromatic carbocycles. The molecule has 0 atom stereocenters. The fourth-order valence-corrected chi connectivity index (χ4v) is 17.5. The Bertz CT molecular complexity index is 4530. The minimum atomic E-state index is -4.01. The van der Waals surface area contributed by atoms with Crippen molar-refractivity contribution in [3.63, 3.8) is 0 Å². The first kappa shape index (κ1) is 90.1. The van der Waals surface area contributed by atoms with Gasteiger partial charge in [0.15, 0.2) is 0 Å². The van der Waals surface area contributed by atoms with Gasteiger partial charge in [-0.1, -0.05) is 98.8 Å². The van der Waals surface area contributed by atoms with Gasteiger partial charge in [-0.2, -0.15) is 8.61 Å². The molecule has 2 saturated carbocycles. The maximum absolute atomic E-state index is 13.8. The van der Waals surface area contributed by atoms with E-state index in [2.05, 4.69) is 31.1 Å². The van der Waals surface area contributed by atoms with Gasteiger partial charge in [0.2, 0.25) is 20.0 Å². The monoisotopic (exact) mass is 1580 g/mol. The summed E-state index contributed by atoms with van der Waals surface area (Å²) in [5.74, 6) is -7.20. The summed E-state index contributed by atoms with van der Waals surface area (Å²) >= 11 is 0. The van der Waals surface area contributed by atoms with Crippen molar-refractivity contribution in [1.29, 1.82) is 0 Å². The van der Waals surface area contributed by atoms with Gasteiger partial charge >= 0.3 is 71.1 Å². The molecule has 0 unspecified atom stereocenters. The van der Waals surface area contributed by atoms with Gasteiger partial charge in [-0.25, -0.2) is 16.8 Å². The third-order valence-electron chi connectivity index (χ3n) is 20.4. The van der Waals surface area contributed by atoms with Crippen LogP contribution in [0.1, 0.15) is 177 Å². The molecular formula is C84H94N8Na2O16S2. The van der Waals surface area contributed by atoms with Gasteiger partial charge < -0.3 is 61.1 Å². The number of nitrogens with one attached hydrogen (secondary N) is 4. The normalized spacial score (nSPS) is 15.4. The third kappa shape index (κ3) is 23.5. The number of rotatable bonds is 32. The molecule has 24 nitrogen and oxygen atoms in total. The Kier molecular flexibility index (Phi) is 33.9. The number of nitrogens with zero attached hydrogens (tertiary/aromatic N) is 4. The second kappa shape index (κ2) is 42.2. The van der Waals surface area contributed by atoms with Crippen molar-refractivity contribution in [1.82, 2.24) is 8.61 Å². The molecule has 0 heterocycles. The van der Waals surface area contributed by atoms with E-state index >= 15 is 0 Å². The van der Waals surface area contributed by atoms with E-state index in [1.807, 2.05) is 64.1 Å². The van der Waals surface area contributed by atoms with Crippen molar-refractivity contribution >= 4 is 102 Å². The molecule has 0 saturated heterocycles. The van der Waals surface area contributed by atoms with Crippen LogP contribution in [0.5, 0.6) is 0 Å². The number of anilines is 6. The summed E-state index contributed by atoms with van der Waals surface area (Å²) in [4.78, 5) is 104. The summed E-state index contributed by atoms with van der Waals surface area (Å²) in [6, 6.07) is 49.2. The van der Waals surface area contributed by atoms with E-state index in [1.54, 1.807) is 86.6 Å². The molecule has 580 valence electrons. The smallest absolute Gasteiger partial charge is 0.545 e. The van der Waals surface area contributed by atoms with E-state index in [-0.39, 0.29) is 139 Å². The molecule has 2 aliphatic rings. The maximum Gasteiger partial charge on any atom is 1.00 e. The van der Waals surface area contributed by atoms with Crippen LogP contribution in [0.2, 0.25) is 0 Å². The largest absolute Gasteiger partial charge is 1.00 e. The zero-order valence-corrected chi connectivity index (χ0v) is 70.2. The first-order chi connectivity index (χ1) is 52.7. The third-order valence-corrected chi connectivity index (χ3v) is 24.4. The molecule has 0 radical (unpaired) electrons. The van der Waals surface area contributed by atoms with Crippen LogP contribution in [-0.2, 0) is 55.3 Å². The quantitative estimate of drug-likeness (QED) is 0.0276. The number of carbonyl (C=O) groups is 8. The molecule has 28 heteroatoms. The average Bonchev–Trinajstić information content (AvgIpc) is 0.788. The van der Waals surface area contributed by atoms with Crippen LogP contribution in [0, 0.1) is 11.8 Å². The Morgan fingerprint density at radius 2 is 0.670 bits per heavy atom. The summed E-state index contributed by atoms with van der Waals surface area (Å²) in [6.07, 6.45) is 6.14. The molecule has 0 spiro atoms. The maximum atomic E-state index is 13.8. The summed E-state index contributed by atoms with van der Waals surface area (Å²) in [7, 11) is -8.01. The average molecular weight is 1580 g/mol. The van der Waals surface area contributed by atoms with Gasteiger partial charge in [-0.15, -0.1) is 0 Å². The van der Waals surface area contributed by atoms with Crippen LogP contribution in [-0.4, -0.2) is 135 Å². The molecule has 10 rings (SSSR count). The van der Waals surface area contributed by atoms with Gasteiger partial charge in [0.05, 0.1) is 56.1 Å². The van der Waals surface area contributed by atoms with Gasteiger partial charge in [0, 0.05) is 85.2 Å². The Balaban J connectivity index is 0.000000305. The van der Waals surface area contributed by atoms with Crippen molar-refractivity contribution in [2.45, 2.75) is 140 Å². The van der Waals surface area contributed by atoms with Gasteiger partial charge in [-0.3, -0.25) is 28.8 Å². The Hall–Kier alpha value is -9.06. The number of amides is 4. The van der Waals surface area contributed by atoms with E-state index in [0.29, 0.717) is 115 Å². The topological polar surface area (TPSA) is 352 Å². The summed E-state index contributed by atoms with van der Waals surface area (Å²) in [6.45, 7) is 14.7. The molecular weight excluding hydrogens is 1490 g/mol. The molecule has 112 heavy (non-hydrogen) atoms. The predicted octanol–water partition coefficient (Wildman–Crippen LogP) is 5.69. The number of carboxylic acids is 4. The van der Waals surface area contributed by atoms with Crippen LogP contribution in [0.15, 0.2) is 192 Å². The summed E-state index contributed by atoms with van der Waals surface area (Å²) < 4.78 is 58.1. The molecule has 6 N–H and O–H groups in total. The minimum Gasteiger partial charge on any atom is -0.545 e. The molecule has 2 aliphatic carbocycles. The summed E-state index contributed by atoms with van der Waals surface area (Å²) in [5.41, 5.74) is 8.08. The van der Waals surface area contributed by atoms with E-state index in [0.717, 1.165) is 33.6 Å². The van der Waals surface area contributed by atoms with E-state index in [1.165, 1.54) is 81.4 Å². The number of benzene rings is 8. The zero-order chi connectivity index (χ0) is 79.4. The van der Waals surface area contributed by atoms with Gasteiger partial charge in [0.1, 0.15) is 0 Å². The Labute approximate surface area is 699 Å². The molecule has 8 aromatic rings. The standard InChI is InChI=1S/2C42H48N4O8S.2Na/c2*1-4-45(5-2)35-24-25-38(37(27-35)40(48)43-33-20-14-29(15-21-33)11-10-28-12-16-30(17-13-28)41(49)50)44-39(47)32-8-7-9-36(26-32)55(53,54)46(6-3)34-22-18-31(19-23-34)42(51)52;;/h2*7-9,12-17,20-21,24-27,31,34H,4-6,10-11,18-19,22-23H2,1-3H3,(H,43,48)(H,44,47)(H,49,50)(H,51,52);;/q;;2*+1/p-2. The molecule has 0 bridgehead atoms. The van der Waals surface area contributed by atoms with Crippen LogP contribution in [0.25, 0.3) is 0 Å². The number of hydrogen-bond acceptors (Lipinski definition) is 16. The fourth-order valence-electron chi connectivity index (χ4n) is 14.1. The van der Waals surface area contributed by atoms with Crippen LogP contribution >= 0.6 is 0 Å². The SMILES string of the molecule is CCN(CC)c1ccc(NC(=O)c2cccc(S(=O)(=O)N(CC)C3CCC(C(=O)O)CC3)c2)c(C(=O)Nc2ccc(CCc3ccc(C(=O)[O-])cc3)cc2)c1.CCN(CC)c1ccc(NC(=O)c2cccc(S(=O)(=O)N(CC)C3CCC(C(=O)O)CC3)c2)c(C(=O)Nc2ccc(CCc3ccc(C(=O)[O-])cc3)cc2)c1.[Na+].[Na+]. The molecule has 2 fully saturated rings.